The molecule has 7 heteroatoms. The van der Waals surface area contributed by atoms with Gasteiger partial charge in [-0.3, -0.25) is 4.98 Å². The SMILES string of the molecule is CCn1c(NCc2csc(-c3ccccn3)n2)nc2cc(F)ccc21. The number of hydrogen-bond donors (Lipinski definition) is 1. The topological polar surface area (TPSA) is 55.6 Å². The van der Waals surface area contributed by atoms with Gasteiger partial charge in [0.05, 0.1) is 29.0 Å². The molecule has 0 bridgehead atoms. The average molecular weight is 353 g/mol. The first kappa shape index (κ1) is 15.7. The number of hydrogen-bond acceptors (Lipinski definition) is 5. The van der Waals surface area contributed by atoms with E-state index in [0.717, 1.165) is 34.4 Å². The third-order valence-corrected chi connectivity index (χ3v) is 4.80. The van der Waals surface area contributed by atoms with E-state index in [2.05, 4.69) is 20.3 Å². The summed E-state index contributed by atoms with van der Waals surface area (Å²) >= 11 is 1.56. The summed E-state index contributed by atoms with van der Waals surface area (Å²) in [7, 11) is 0. The minimum atomic E-state index is -0.278. The summed E-state index contributed by atoms with van der Waals surface area (Å²) in [6.07, 6.45) is 1.76. The minimum Gasteiger partial charge on any atom is -0.350 e. The lowest BCUT2D eigenvalue weighted by Gasteiger charge is -2.07. The molecule has 0 saturated heterocycles. The first-order chi connectivity index (χ1) is 12.2. The highest BCUT2D eigenvalue weighted by Crippen LogP contribution is 2.23. The summed E-state index contributed by atoms with van der Waals surface area (Å²) in [5.41, 5.74) is 3.36. The number of fused-ring (bicyclic) bond motifs is 1. The predicted molar refractivity (Wildman–Crippen MR) is 98.0 cm³/mol. The maximum atomic E-state index is 13.4. The Hall–Kier alpha value is -2.80. The van der Waals surface area contributed by atoms with Gasteiger partial charge in [-0.15, -0.1) is 11.3 Å². The number of pyridine rings is 1. The number of nitrogens with one attached hydrogen (secondary N) is 1. The highest BCUT2D eigenvalue weighted by atomic mass is 32.1. The largest absolute Gasteiger partial charge is 0.350 e. The van der Waals surface area contributed by atoms with Gasteiger partial charge in [-0.05, 0) is 31.2 Å². The lowest BCUT2D eigenvalue weighted by molar-refractivity contribution is 0.629. The van der Waals surface area contributed by atoms with E-state index in [0.29, 0.717) is 12.1 Å². The molecular weight excluding hydrogens is 337 g/mol. The van der Waals surface area contributed by atoms with Gasteiger partial charge in [0.15, 0.2) is 0 Å². The standard InChI is InChI=1S/C18H16FN5S/c1-2-24-16-7-6-12(19)9-15(16)23-18(24)21-10-13-11-25-17(22-13)14-5-3-4-8-20-14/h3-9,11H,2,10H2,1H3,(H,21,23). The maximum Gasteiger partial charge on any atom is 0.204 e. The number of imidazole rings is 1. The second-order valence-corrected chi connectivity index (χ2v) is 6.38. The smallest absolute Gasteiger partial charge is 0.204 e. The van der Waals surface area contributed by atoms with Crippen molar-refractivity contribution >= 4 is 28.3 Å². The molecule has 0 aliphatic heterocycles. The molecule has 1 N–H and O–H groups in total. The Morgan fingerprint density at radius 1 is 1.20 bits per heavy atom. The Bertz CT molecular complexity index is 1010. The molecule has 3 heterocycles. The number of benzene rings is 1. The van der Waals surface area contributed by atoms with E-state index in [1.54, 1.807) is 23.6 Å². The number of rotatable bonds is 5. The van der Waals surface area contributed by atoms with Crippen LogP contribution in [-0.2, 0) is 13.1 Å². The average Bonchev–Trinajstić information content (AvgIpc) is 3.24. The van der Waals surface area contributed by atoms with Crippen molar-refractivity contribution in [3.8, 4) is 10.7 Å². The zero-order chi connectivity index (χ0) is 17.2. The van der Waals surface area contributed by atoms with Crippen LogP contribution in [0.1, 0.15) is 12.6 Å². The molecule has 4 aromatic rings. The van der Waals surface area contributed by atoms with Gasteiger partial charge in [0.25, 0.3) is 0 Å². The Morgan fingerprint density at radius 2 is 2.12 bits per heavy atom. The first-order valence-corrected chi connectivity index (χ1v) is 8.88. The van der Waals surface area contributed by atoms with Crippen LogP contribution in [0.4, 0.5) is 10.3 Å². The summed E-state index contributed by atoms with van der Waals surface area (Å²) in [5.74, 6) is 0.440. The van der Waals surface area contributed by atoms with Crippen LogP contribution in [0, 0.1) is 5.82 Å². The summed E-state index contributed by atoms with van der Waals surface area (Å²) in [4.78, 5) is 13.4. The van der Waals surface area contributed by atoms with E-state index in [9.17, 15) is 4.39 Å². The van der Waals surface area contributed by atoms with Gasteiger partial charge in [0, 0.05) is 24.2 Å². The molecule has 5 nitrogen and oxygen atoms in total. The van der Waals surface area contributed by atoms with Gasteiger partial charge < -0.3 is 9.88 Å². The second kappa shape index (κ2) is 6.60. The number of anilines is 1. The monoisotopic (exact) mass is 353 g/mol. The van der Waals surface area contributed by atoms with Crippen LogP contribution in [0.3, 0.4) is 0 Å². The molecule has 126 valence electrons. The Kier molecular flexibility index (Phi) is 4.15. The quantitative estimate of drug-likeness (QED) is 0.580. The van der Waals surface area contributed by atoms with Gasteiger partial charge in [-0.2, -0.15) is 0 Å². The van der Waals surface area contributed by atoms with Crippen LogP contribution < -0.4 is 5.32 Å². The molecule has 3 aromatic heterocycles. The van der Waals surface area contributed by atoms with Crippen molar-refractivity contribution in [2.45, 2.75) is 20.0 Å². The molecule has 0 amide bonds. The third-order valence-electron chi connectivity index (χ3n) is 3.89. The summed E-state index contributed by atoms with van der Waals surface area (Å²) < 4.78 is 15.4. The molecular formula is C18H16FN5S. The predicted octanol–water partition coefficient (Wildman–Crippen LogP) is 4.33. The van der Waals surface area contributed by atoms with Gasteiger partial charge in [0.2, 0.25) is 5.95 Å². The molecule has 0 saturated carbocycles. The fraction of sp³-hybridized carbons (Fsp3) is 0.167. The van der Waals surface area contributed by atoms with Gasteiger partial charge in [-0.25, -0.2) is 14.4 Å². The third kappa shape index (κ3) is 3.10. The van der Waals surface area contributed by atoms with Crippen LogP contribution >= 0.6 is 11.3 Å². The van der Waals surface area contributed by atoms with Crippen LogP contribution in [-0.4, -0.2) is 19.5 Å². The molecule has 4 rings (SSSR count). The van der Waals surface area contributed by atoms with Crippen molar-refractivity contribution in [2.24, 2.45) is 0 Å². The maximum absolute atomic E-state index is 13.4. The number of aromatic nitrogens is 4. The zero-order valence-corrected chi connectivity index (χ0v) is 14.4. The van der Waals surface area contributed by atoms with E-state index in [-0.39, 0.29) is 5.82 Å². The molecule has 0 radical (unpaired) electrons. The fourth-order valence-electron chi connectivity index (χ4n) is 2.72. The van der Waals surface area contributed by atoms with Crippen molar-refractivity contribution in [2.75, 3.05) is 5.32 Å². The first-order valence-electron chi connectivity index (χ1n) is 8.00. The van der Waals surface area contributed by atoms with Crippen LogP contribution in [0.5, 0.6) is 0 Å². The van der Waals surface area contributed by atoms with Crippen molar-refractivity contribution in [3.05, 3.63) is 59.5 Å². The zero-order valence-electron chi connectivity index (χ0n) is 13.6. The number of nitrogens with zero attached hydrogens (tertiary/aromatic N) is 4. The van der Waals surface area contributed by atoms with Crippen molar-refractivity contribution < 1.29 is 4.39 Å². The van der Waals surface area contributed by atoms with E-state index in [1.165, 1.54) is 12.1 Å². The van der Waals surface area contributed by atoms with Crippen molar-refractivity contribution in [3.63, 3.8) is 0 Å². The molecule has 0 atom stereocenters. The number of aryl methyl sites for hydroxylation is 1. The molecule has 0 unspecified atom stereocenters. The Morgan fingerprint density at radius 3 is 2.92 bits per heavy atom. The van der Waals surface area contributed by atoms with Crippen LogP contribution in [0.2, 0.25) is 0 Å². The lowest BCUT2D eigenvalue weighted by atomic mass is 10.3. The van der Waals surface area contributed by atoms with Crippen molar-refractivity contribution in [1.29, 1.82) is 0 Å². The normalized spacial score (nSPS) is 11.1. The van der Waals surface area contributed by atoms with E-state index >= 15 is 0 Å². The highest BCUT2D eigenvalue weighted by Gasteiger charge is 2.11. The number of halogens is 1. The van der Waals surface area contributed by atoms with E-state index in [1.807, 2.05) is 35.1 Å². The summed E-state index contributed by atoms with van der Waals surface area (Å²) in [5, 5.41) is 6.21. The Labute approximate surface area is 148 Å². The van der Waals surface area contributed by atoms with Gasteiger partial charge in [-0.1, -0.05) is 6.07 Å². The van der Waals surface area contributed by atoms with Gasteiger partial charge in [0.1, 0.15) is 10.8 Å². The Balaban J connectivity index is 1.56. The highest BCUT2D eigenvalue weighted by molar-refractivity contribution is 7.13. The molecule has 0 aliphatic carbocycles. The van der Waals surface area contributed by atoms with Crippen molar-refractivity contribution in [1.82, 2.24) is 19.5 Å². The molecule has 0 aliphatic rings. The fourth-order valence-corrected chi connectivity index (χ4v) is 3.52. The molecule has 0 spiro atoms. The van der Waals surface area contributed by atoms with Gasteiger partial charge >= 0.3 is 0 Å². The minimum absolute atomic E-state index is 0.278. The number of thiazole rings is 1. The molecule has 0 fully saturated rings. The van der Waals surface area contributed by atoms with Crippen LogP contribution in [0.15, 0.2) is 48.0 Å². The second-order valence-electron chi connectivity index (χ2n) is 5.53. The summed E-state index contributed by atoms with van der Waals surface area (Å²) in [6, 6.07) is 10.5. The molecule has 1 aromatic carbocycles. The molecule has 25 heavy (non-hydrogen) atoms. The summed E-state index contributed by atoms with van der Waals surface area (Å²) in [6.45, 7) is 3.34. The van der Waals surface area contributed by atoms with E-state index in [4.69, 9.17) is 0 Å². The van der Waals surface area contributed by atoms with E-state index < -0.39 is 0 Å². The lowest BCUT2D eigenvalue weighted by Crippen LogP contribution is -2.07. The van der Waals surface area contributed by atoms with Crippen LogP contribution in [0.25, 0.3) is 21.7 Å².